The minimum absolute atomic E-state index is 0.0984. The summed E-state index contributed by atoms with van der Waals surface area (Å²) in [6.45, 7) is 8.45. The SMILES string of the molecule is CN1CC(NC(=O)c2cccc(C(CCO)NC(=O)c3nc4cc5c(nc4s3)CC[C@H](C(C)(C)C)C5)c2)C1. The first-order valence-electron chi connectivity index (χ1n) is 13.4. The third-order valence-corrected chi connectivity index (χ3v) is 8.80. The fourth-order valence-corrected chi connectivity index (χ4v) is 6.32. The maximum atomic E-state index is 13.3. The van der Waals surface area contributed by atoms with E-state index in [1.54, 1.807) is 12.1 Å². The molecule has 3 aromatic rings. The van der Waals surface area contributed by atoms with Crippen LogP contribution in [0.1, 0.15) is 76.6 Å². The van der Waals surface area contributed by atoms with Crippen LogP contribution in [0.2, 0.25) is 0 Å². The van der Waals surface area contributed by atoms with Gasteiger partial charge in [0.1, 0.15) is 10.3 Å². The van der Waals surface area contributed by atoms with Crippen LogP contribution in [0.3, 0.4) is 0 Å². The summed E-state index contributed by atoms with van der Waals surface area (Å²) < 4.78 is 0. The summed E-state index contributed by atoms with van der Waals surface area (Å²) in [4.78, 5) is 38.4. The average Bonchev–Trinajstić information content (AvgIpc) is 3.28. The maximum Gasteiger partial charge on any atom is 0.280 e. The molecular formula is C29H37N5O3S. The molecule has 1 aromatic carbocycles. The number of pyridine rings is 1. The van der Waals surface area contributed by atoms with E-state index in [-0.39, 0.29) is 29.9 Å². The number of aliphatic hydroxyl groups is 1. The standard InChI is InChI=1S/C29H37N5O3S/c1-29(2,3)20-8-9-22-19(13-20)14-24-27(32-22)38-28(33-24)26(37)31-23(10-11-35)17-6-5-7-18(12-17)25(36)30-21-15-34(4)16-21/h5-7,12,14,20-21,23,35H,8-11,13,15-16H2,1-4H3,(H,30,36)(H,31,37)/t20-,23?/m0/s1. The van der Waals surface area contributed by atoms with Crippen molar-refractivity contribution in [3.05, 3.63) is 57.7 Å². The monoisotopic (exact) mass is 535 g/mol. The van der Waals surface area contributed by atoms with Crippen LogP contribution in [0.5, 0.6) is 0 Å². The number of rotatable bonds is 7. The van der Waals surface area contributed by atoms with E-state index in [9.17, 15) is 14.7 Å². The number of nitrogens with zero attached hydrogens (tertiary/aromatic N) is 3. The van der Waals surface area contributed by atoms with Crippen LogP contribution < -0.4 is 10.6 Å². The van der Waals surface area contributed by atoms with Gasteiger partial charge in [-0.2, -0.15) is 0 Å². The molecule has 3 N–H and O–H groups in total. The van der Waals surface area contributed by atoms with E-state index in [1.807, 2.05) is 19.2 Å². The fraction of sp³-hybridized carbons (Fsp3) is 0.517. The summed E-state index contributed by atoms with van der Waals surface area (Å²) in [5.74, 6) is 0.168. The van der Waals surface area contributed by atoms with E-state index < -0.39 is 6.04 Å². The second kappa shape index (κ2) is 10.7. The highest BCUT2D eigenvalue weighted by atomic mass is 32.1. The molecule has 0 spiro atoms. The molecule has 1 fully saturated rings. The molecule has 0 bridgehead atoms. The molecule has 38 heavy (non-hydrogen) atoms. The van der Waals surface area contributed by atoms with Crippen molar-refractivity contribution in [1.82, 2.24) is 25.5 Å². The normalized spacial score (nSPS) is 19.0. The van der Waals surface area contributed by atoms with Crippen molar-refractivity contribution in [3.8, 4) is 0 Å². The molecule has 1 saturated heterocycles. The number of likely N-dealkylation sites (tertiary alicyclic amines) is 1. The number of likely N-dealkylation sites (N-methyl/N-ethyl adjacent to an activating group) is 1. The third kappa shape index (κ3) is 5.75. The molecular weight excluding hydrogens is 498 g/mol. The first-order valence-corrected chi connectivity index (χ1v) is 14.2. The van der Waals surface area contributed by atoms with Gasteiger partial charge in [0, 0.05) is 31.0 Å². The summed E-state index contributed by atoms with van der Waals surface area (Å²) in [5, 5.41) is 16.1. The van der Waals surface area contributed by atoms with Gasteiger partial charge in [0.05, 0.1) is 12.1 Å². The van der Waals surface area contributed by atoms with Gasteiger partial charge in [-0.3, -0.25) is 9.59 Å². The Bertz CT molecular complexity index is 1340. The number of thiazole rings is 1. The van der Waals surface area contributed by atoms with Crippen LogP contribution in [0.4, 0.5) is 0 Å². The van der Waals surface area contributed by atoms with Crippen molar-refractivity contribution in [2.24, 2.45) is 11.3 Å². The van der Waals surface area contributed by atoms with Crippen LogP contribution in [0.15, 0.2) is 30.3 Å². The molecule has 8 nitrogen and oxygen atoms in total. The van der Waals surface area contributed by atoms with Gasteiger partial charge in [-0.15, -0.1) is 0 Å². The lowest BCUT2D eigenvalue weighted by Crippen LogP contribution is -2.57. The van der Waals surface area contributed by atoms with Crippen molar-refractivity contribution in [2.75, 3.05) is 26.7 Å². The van der Waals surface area contributed by atoms with E-state index in [1.165, 1.54) is 16.9 Å². The van der Waals surface area contributed by atoms with Crippen LogP contribution in [0.25, 0.3) is 10.3 Å². The van der Waals surface area contributed by atoms with Crippen molar-refractivity contribution in [3.63, 3.8) is 0 Å². The summed E-state index contributed by atoms with van der Waals surface area (Å²) in [6, 6.07) is 9.05. The number of fused-ring (bicyclic) bond motifs is 2. The maximum absolute atomic E-state index is 13.3. The Hall–Kier alpha value is -2.88. The van der Waals surface area contributed by atoms with Crippen LogP contribution in [-0.4, -0.2) is 64.6 Å². The first-order chi connectivity index (χ1) is 18.1. The lowest BCUT2D eigenvalue weighted by atomic mass is 9.71. The van der Waals surface area contributed by atoms with Gasteiger partial charge in [0.15, 0.2) is 5.01 Å². The number of hydrogen-bond acceptors (Lipinski definition) is 7. The zero-order valence-electron chi connectivity index (χ0n) is 22.6. The molecule has 202 valence electrons. The lowest BCUT2D eigenvalue weighted by molar-refractivity contribution is 0.0857. The van der Waals surface area contributed by atoms with Gasteiger partial charge in [-0.05, 0) is 73.4 Å². The second-order valence-electron chi connectivity index (χ2n) is 11.8. The van der Waals surface area contributed by atoms with Crippen molar-refractivity contribution >= 4 is 33.5 Å². The predicted molar refractivity (Wildman–Crippen MR) is 149 cm³/mol. The molecule has 1 unspecified atom stereocenters. The number of hydrogen-bond donors (Lipinski definition) is 3. The molecule has 2 amide bonds. The summed E-state index contributed by atoms with van der Waals surface area (Å²) in [6.07, 6.45) is 3.39. The van der Waals surface area contributed by atoms with Gasteiger partial charge in [-0.25, -0.2) is 9.97 Å². The summed E-state index contributed by atoms with van der Waals surface area (Å²) in [5.41, 5.74) is 4.67. The van der Waals surface area contributed by atoms with Crippen LogP contribution in [-0.2, 0) is 12.8 Å². The van der Waals surface area contributed by atoms with Crippen molar-refractivity contribution < 1.29 is 14.7 Å². The Morgan fingerprint density at radius 3 is 2.68 bits per heavy atom. The summed E-state index contributed by atoms with van der Waals surface area (Å²) in [7, 11) is 2.02. The zero-order valence-corrected chi connectivity index (χ0v) is 23.4. The van der Waals surface area contributed by atoms with Gasteiger partial charge in [-0.1, -0.05) is 44.2 Å². The van der Waals surface area contributed by atoms with E-state index in [2.05, 4.69) is 47.4 Å². The number of benzene rings is 1. The van der Waals surface area contributed by atoms with Gasteiger partial charge < -0.3 is 20.6 Å². The van der Waals surface area contributed by atoms with E-state index >= 15 is 0 Å². The number of nitrogens with one attached hydrogen (secondary N) is 2. The highest BCUT2D eigenvalue weighted by Crippen LogP contribution is 2.38. The lowest BCUT2D eigenvalue weighted by Gasteiger charge is -2.36. The predicted octanol–water partition coefficient (Wildman–Crippen LogP) is 3.74. The molecule has 3 heterocycles. The Balaban J connectivity index is 1.32. The molecule has 5 rings (SSSR count). The number of carbonyl (C=O) groups excluding carboxylic acids is 2. The number of aliphatic hydroxyl groups excluding tert-OH is 1. The molecule has 9 heteroatoms. The third-order valence-electron chi connectivity index (χ3n) is 7.84. The minimum Gasteiger partial charge on any atom is -0.396 e. The highest BCUT2D eigenvalue weighted by molar-refractivity contribution is 7.19. The van der Waals surface area contributed by atoms with Crippen LogP contribution in [0, 0.1) is 11.3 Å². The molecule has 0 radical (unpaired) electrons. The van der Waals surface area contributed by atoms with E-state index in [4.69, 9.17) is 4.98 Å². The Labute approximate surface area is 227 Å². The van der Waals surface area contributed by atoms with Crippen LogP contribution >= 0.6 is 11.3 Å². The average molecular weight is 536 g/mol. The molecule has 2 aromatic heterocycles. The Morgan fingerprint density at radius 2 is 1.97 bits per heavy atom. The van der Waals surface area contributed by atoms with E-state index in [0.29, 0.717) is 22.9 Å². The first kappa shape index (κ1) is 26.7. The minimum atomic E-state index is -0.448. The molecule has 2 atom stereocenters. The second-order valence-corrected chi connectivity index (χ2v) is 12.8. The smallest absolute Gasteiger partial charge is 0.280 e. The number of aromatic nitrogens is 2. The van der Waals surface area contributed by atoms with Gasteiger partial charge in [0.2, 0.25) is 0 Å². The highest BCUT2D eigenvalue weighted by Gasteiger charge is 2.30. The number of aryl methyl sites for hydroxylation is 1. The molecule has 0 saturated carbocycles. The van der Waals surface area contributed by atoms with E-state index in [0.717, 1.165) is 54.0 Å². The molecule has 1 aliphatic carbocycles. The fourth-order valence-electron chi connectivity index (χ4n) is 5.48. The Morgan fingerprint density at radius 1 is 1.18 bits per heavy atom. The Kier molecular flexibility index (Phi) is 7.53. The molecule has 1 aliphatic heterocycles. The zero-order chi connectivity index (χ0) is 27.0. The number of carbonyl (C=O) groups is 2. The quantitative estimate of drug-likeness (QED) is 0.426. The topological polar surface area (TPSA) is 107 Å². The largest absolute Gasteiger partial charge is 0.396 e. The van der Waals surface area contributed by atoms with Gasteiger partial charge in [0.25, 0.3) is 11.8 Å². The van der Waals surface area contributed by atoms with Crippen molar-refractivity contribution in [2.45, 2.75) is 58.5 Å². The number of amides is 2. The van der Waals surface area contributed by atoms with Gasteiger partial charge >= 0.3 is 0 Å². The summed E-state index contributed by atoms with van der Waals surface area (Å²) >= 11 is 1.30. The molecule has 2 aliphatic rings. The van der Waals surface area contributed by atoms with Crippen molar-refractivity contribution in [1.29, 1.82) is 0 Å².